The molecule has 0 unspecified atom stereocenters. The lowest BCUT2D eigenvalue weighted by atomic mass is 9.85. The van der Waals surface area contributed by atoms with Crippen LogP contribution in [0, 0.1) is 23.2 Å². The number of benzene rings is 2. The summed E-state index contributed by atoms with van der Waals surface area (Å²) in [5.41, 5.74) is 4.94. The van der Waals surface area contributed by atoms with Crippen molar-refractivity contribution >= 4 is 20.0 Å². The van der Waals surface area contributed by atoms with Crippen molar-refractivity contribution in [3.05, 3.63) is 71.5 Å². The van der Waals surface area contributed by atoms with E-state index >= 15 is 4.39 Å². The molecule has 1 N–H and O–H groups in total. The molecule has 0 spiro atoms. The maximum atomic E-state index is 15.3. The van der Waals surface area contributed by atoms with Crippen LogP contribution < -0.4 is 5.32 Å². The molecule has 1 fully saturated rings. The molecule has 2 aromatic rings. The Balaban J connectivity index is 1.86. The normalized spacial score (nSPS) is 23.2. The van der Waals surface area contributed by atoms with E-state index in [1.807, 2.05) is 12.1 Å². The molecule has 3 atom stereocenters. The fourth-order valence-corrected chi connectivity index (χ4v) is 11.1. The lowest BCUT2D eigenvalue weighted by molar-refractivity contribution is 0.0958. The molecular weight excluding hydrogens is 455 g/mol. The zero-order valence-electron chi connectivity index (χ0n) is 21.4. The number of nitrogens with zero attached hydrogens (tertiary/aromatic N) is 1. The van der Waals surface area contributed by atoms with E-state index < -0.39 is 13.6 Å². The molecule has 1 aliphatic carbocycles. The van der Waals surface area contributed by atoms with Gasteiger partial charge in [-0.25, -0.2) is 9.38 Å². The first-order valence-corrected chi connectivity index (χ1v) is 14.8. The molecule has 0 saturated heterocycles. The largest absolute Gasteiger partial charge is 0.461 e. The van der Waals surface area contributed by atoms with Crippen molar-refractivity contribution < 1.29 is 13.9 Å². The van der Waals surface area contributed by atoms with E-state index in [2.05, 4.69) is 58.3 Å². The average molecular weight is 491 g/mol. The molecular formula is C29H35FN2O2Si. The topological polar surface area (TPSA) is 50.7 Å². The van der Waals surface area contributed by atoms with Crippen LogP contribution >= 0.6 is 0 Å². The van der Waals surface area contributed by atoms with Crippen LogP contribution in [-0.4, -0.2) is 26.1 Å². The minimum absolute atomic E-state index is 0.0533. The van der Waals surface area contributed by atoms with E-state index in [0.717, 1.165) is 6.42 Å². The Bertz CT molecular complexity index is 1160. The number of carbonyl (C=O) groups excluding carboxylic acids is 1. The molecule has 1 amide bonds. The second-order valence-corrected chi connectivity index (χ2v) is 16.2. The van der Waals surface area contributed by atoms with Gasteiger partial charge in [0, 0.05) is 17.0 Å². The highest BCUT2D eigenvalue weighted by molar-refractivity contribution is 6.90. The predicted molar refractivity (Wildman–Crippen MR) is 141 cm³/mol. The van der Waals surface area contributed by atoms with Crippen LogP contribution in [0.2, 0.25) is 16.6 Å². The zero-order chi connectivity index (χ0) is 25.4. The second kappa shape index (κ2) is 9.62. The smallest absolute Gasteiger partial charge is 0.293 e. The number of hydrogen-bond donors (Lipinski definition) is 1. The van der Waals surface area contributed by atoms with E-state index in [1.54, 1.807) is 36.4 Å². The number of halogens is 1. The molecule has 2 aliphatic rings. The van der Waals surface area contributed by atoms with Crippen LogP contribution in [0.5, 0.6) is 0 Å². The molecule has 1 saturated carbocycles. The van der Waals surface area contributed by atoms with Crippen molar-refractivity contribution in [1.82, 2.24) is 5.32 Å². The van der Waals surface area contributed by atoms with Gasteiger partial charge in [-0.3, -0.25) is 10.1 Å². The molecule has 0 bridgehead atoms. The summed E-state index contributed by atoms with van der Waals surface area (Å²) in [4.78, 5) is 17.7. The highest BCUT2D eigenvalue weighted by Gasteiger charge is 2.60. The second-order valence-electron chi connectivity index (χ2n) is 10.6. The molecule has 4 rings (SSSR count). The monoisotopic (exact) mass is 490 g/mol. The summed E-state index contributed by atoms with van der Waals surface area (Å²) in [6, 6.07) is 15.8. The summed E-state index contributed by atoms with van der Waals surface area (Å²) in [5.74, 6) is 2.86. The van der Waals surface area contributed by atoms with Crippen molar-refractivity contribution in [2.75, 3.05) is 0 Å². The number of rotatable bonds is 5. The Morgan fingerprint density at radius 3 is 2.23 bits per heavy atom. The van der Waals surface area contributed by atoms with Gasteiger partial charge in [0.25, 0.3) is 11.9 Å². The number of fused-ring (bicyclic) bond motifs is 1. The molecule has 184 valence electrons. The Labute approximate surface area is 209 Å². The van der Waals surface area contributed by atoms with Gasteiger partial charge >= 0.3 is 0 Å². The lowest BCUT2D eigenvalue weighted by Gasteiger charge is -2.39. The molecule has 2 aromatic carbocycles. The van der Waals surface area contributed by atoms with E-state index in [9.17, 15) is 4.79 Å². The number of nitrogens with one attached hydrogen (secondary N) is 1. The van der Waals surface area contributed by atoms with Crippen LogP contribution in [-0.2, 0) is 10.3 Å². The first-order valence-electron chi connectivity index (χ1n) is 12.5. The minimum atomic E-state index is -2.11. The van der Waals surface area contributed by atoms with E-state index in [1.165, 1.54) is 6.07 Å². The molecule has 0 aromatic heterocycles. The number of amides is 1. The van der Waals surface area contributed by atoms with Crippen molar-refractivity contribution in [1.29, 1.82) is 0 Å². The maximum Gasteiger partial charge on any atom is 0.293 e. The maximum absolute atomic E-state index is 15.3. The highest BCUT2D eigenvalue weighted by atomic mass is 28.3. The Kier molecular flexibility index (Phi) is 6.92. The highest BCUT2D eigenvalue weighted by Crippen LogP contribution is 2.53. The first-order chi connectivity index (χ1) is 16.6. The van der Waals surface area contributed by atoms with Gasteiger partial charge < -0.3 is 4.74 Å². The van der Waals surface area contributed by atoms with Gasteiger partial charge in [-0.05, 0) is 41.2 Å². The third-order valence-electron chi connectivity index (χ3n) is 7.69. The number of aliphatic imine (C=N–C) groups is 1. The molecule has 4 nitrogen and oxygen atoms in total. The van der Waals surface area contributed by atoms with Crippen molar-refractivity contribution in [3.63, 3.8) is 0 Å². The molecule has 6 heteroatoms. The van der Waals surface area contributed by atoms with Gasteiger partial charge in [0.05, 0.1) is 0 Å². The van der Waals surface area contributed by atoms with E-state index in [-0.39, 0.29) is 29.8 Å². The number of carbonyl (C=O) groups is 1. The standard InChI is InChI=1S/C29H35FN2O2Si/c1-19(2)35(20(3)4,21(5)6)17-16-29(23-14-10-11-15-25(23)30)24-18-26(24)34-28(32-29)31-27(33)22-12-8-7-9-13-22/h7-15,19-21,24,26H,18H2,1-6H3,(H,31,32,33)/t24-,26+,29+/m0/s1. The molecule has 35 heavy (non-hydrogen) atoms. The number of amidine groups is 1. The Morgan fingerprint density at radius 2 is 1.63 bits per heavy atom. The van der Waals surface area contributed by atoms with Crippen molar-refractivity contribution in [2.45, 2.75) is 76.2 Å². The van der Waals surface area contributed by atoms with Gasteiger partial charge in [0.15, 0.2) is 5.54 Å². The third-order valence-corrected chi connectivity index (χ3v) is 14.0. The average Bonchev–Trinajstić information content (AvgIpc) is 3.60. The van der Waals surface area contributed by atoms with Gasteiger partial charge in [0.2, 0.25) is 0 Å². The van der Waals surface area contributed by atoms with Crippen LogP contribution in [0.15, 0.2) is 59.6 Å². The summed E-state index contributed by atoms with van der Waals surface area (Å²) in [5, 5.41) is 2.81. The quantitative estimate of drug-likeness (QED) is 0.387. The van der Waals surface area contributed by atoms with E-state index in [4.69, 9.17) is 9.73 Å². The summed E-state index contributed by atoms with van der Waals surface area (Å²) in [7, 11) is -2.11. The van der Waals surface area contributed by atoms with Gasteiger partial charge in [-0.1, -0.05) is 83.9 Å². The molecule has 0 radical (unpaired) electrons. The summed E-state index contributed by atoms with van der Waals surface area (Å²) < 4.78 is 21.3. The zero-order valence-corrected chi connectivity index (χ0v) is 22.4. The van der Waals surface area contributed by atoms with Gasteiger partial charge in [-0.2, -0.15) is 0 Å². The minimum Gasteiger partial charge on any atom is -0.461 e. The summed E-state index contributed by atoms with van der Waals surface area (Å²) in [6.45, 7) is 13.6. The number of hydrogen-bond acceptors (Lipinski definition) is 3. The summed E-state index contributed by atoms with van der Waals surface area (Å²) >= 11 is 0. The third kappa shape index (κ3) is 4.54. The van der Waals surface area contributed by atoms with Crippen LogP contribution in [0.3, 0.4) is 0 Å². The van der Waals surface area contributed by atoms with Gasteiger partial charge in [-0.15, -0.1) is 5.54 Å². The number of ether oxygens (including phenoxy) is 1. The van der Waals surface area contributed by atoms with Crippen LogP contribution in [0.25, 0.3) is 0 Å². The molecule has 1 heterocycles. The van der Waals surface area contributed by atoms with Crippen LogP contribution in [0.4, 0.5) is 4.39 Å². The lowest BCUT2D eigenvalue weighted by Crippen LogP contribution is -2.45. The Morgan fingerprint density at radius 1 is 1.03 bits per heavy atom. The molecule has 1 aliphatic heterocycles. The van der Waals surface area contributed by atoms with Crippen LogP contribution in [0.1, 0.15) is 63.9 Å². The van der Waals surface area contributed by atoms with Crippen molar-refractivity contribution in [2.24, 2.45) is 10.9 Å². The van der Waals surface area contributed by atoms with Crippen molar-refractivity contribution in [3.8, 4) is 11.5 Å². The van der Waals surface area contributed by atoms with E-state index in [0.29, 0.717) is 27.8 Å². The SMILES string of the molecule is CC(C)[Si](C#C[C@]1(c2ccccc2F)N=C(NC(=O)c2ccccc2)O[C@@H]2C[C@@H]21)(C(C)C)C(C)C. The first kappa shape index (κ1) is 25.2. The Hall–Kier alpha value is -2.91. The van der Waals surface area contributed by atoms with Gasteiger partial charge in [0.1, 0.15) is 20.0 Å². The predicted octanol–water partition coefficient (Wildman–Crippen LogP) is 6.45. The fourth-order valence-electron chi connectivity index (χ4n) is 5.83. The summed E-state index contributed by atoms with van der Waals surface area (Å²) in [6.07, 6.45) is 0.567. The fraction of sp³-hybridized carbons (Fsp3) is 0.448.